The summed E-state index contributed by atoms with van der Waals surface area (Å²) < 4.78 is 20.7. The molecule has 0 spiro atoms. The summed E-state index contributed by atoms with van der Waals surface area (Å²) in [7, 11) is 6.25. The summed E-state index contributed by atoms with van der Waals surface area (Å²) in [5.41, 5.74) is 0.789. The Bertz CT molecular complexity index is 360. The van der Waals surface area contributed by atoms with E-state index in [1.165, 1.54) is 0 Å². The lowest BCUT2D eigenvalue weighted by molar-refractivity contribution is 0.323. The fourth-order valence-corrected chi connectivity index (χ4v) is 1.36. The van der Waals surface area contributed by atoms with Gasteiger partial charge in [-0.15, -0.1) is 0 Å². The molecule has 0 radical (unpaired) electrons. The van der Waals surface area contributed by atoms with Gasteiger partial charge in [0, 0.05) is 5.56 Å². The molecule has 0 aliphatic rings. The molecule has 0 unspecified atom stereocenters. The lowest BCUT2D eigenvalue weighted by Gasteiger charge is -2.14. The van der Waals surface area contributed by atoms with E-state index >= 15 is 0 Å². The molecule has 0 bridgehead atoms. The Morgan fingerprint density at radius 3 is 1.75 bits per heavy atom. The third kappa shape index (κ3) is 2.21. The second kappa shape index (κ2) is 5.30. The molecule has 88 valence electrons. The highest BCUT2D eigenvalue weighted by Gasteiger charge is 2.14. The molecule has 0 aromatic heterocycles. The average molecular weight is 224 g/mol. The first kappa shape index (κ1) is 12.2. The van der Waals surface area contributed by atoms with Gasteiger partial charge in [-0.05, 0) is 12.1 Å². The molecule has 4 heteroatoms. The minimum absolute atomic E-state index is 0.541. The van der Waals surface area contributed by atoms with Gasteiger partial charge in [-0.25, -0.2) is 0 Å². The van der Waals surface area contributed by atoms with Crippen molar-refractivity contribution >= 4 is 5.76 Å². The van der Waals surface area contributed by atoms with Gasteiger partial charge >= 0.3 is 0 Å². The Hall–Kier alpha value is -1.84. The van der Waals surface area contributed by atoms with E-state index < -0.39 is 0 Å². The minimum Gasteiger partial charge on any atom is -0.497 e. The topological polar surface area (TPSA) is 36.9 Å². The highest BCUT2D eigenvalue weighted by atomic mass is 16.5. The van der Waals surface area contributed by atoms with Crippen LogP contribution in [0.4, 0.5) is 0 Å². The summed E-state index contributed by atoms with van der Waals surface area (Å²) in [6, 6.07) is 3.57. The number of ether oxygens (including phenoxy) is 4. The molecule has 0 atom stereocenters. The number of methoxy groups -OCH3 is 4. The molecule has 0 saturated heterocycles. The lowest BCUT2D eigenvalue weighted by atomic mass is 10.1. The van der Waals surface area contributed by atoms with Gasteiger partial charge in [-0.2, -0.15) is 0 Å². The van der Waals surface area contributed by atoms with Gasteiger partial charge in [0.2, 0.25) is 5.75 Å². The summed E-state index contributed by atoms with van der Waals surface area (Å²) >= 11 is 0. The second-order valence-corrected chi connectivity index (χ2v) is 3.04. The maximum Gasteiger partial charge on any atom is 0.203 e. The fourth-order valence-electron chi connectivity index (χ4n) is 1.36. The molecular formula is C12H16O4. The van der Waals surface area contributed by atoms with Gasteiger partial charge in [0.15, 0.2) is 11.5 Å². The van der Waals surface area contributed by atoms with Crippen molar-refractivity contribution in [2.45, 2.75) is 0 Å². The van der Waals surface area contributed by atoms with Crippen molar-refractivity contribution in [3.63, 3.8) is 0 Å². The van der Waals surface area contributed by atoms with Crippen LogP contribution in [0.1, 0.15) is 5.56 Å². The van der Waals surface area contributed by atoms with Crippen molar-refractivity contribution in [3.8, 4) is 17.2 Å². The number of hydrogen-bond donors (Lipinski definition) is 0. The third-order valence-electron chi connectivity index (χ3n) is 2.23. The monoisotopic (exact) mass is 224 g/mol. The fraction of sp³-hybridized carbons (Fsp3) is 0.333. The first-order valence-electron chi connectivity index (χ1n) is 4.71. The first-order chi connectivity index (χ1) is 7.67. The van der Waals surface area contributed by atoms with E-state index in [2.05, 4.69) is 6.58 Å². The highest BCUT2D eigenvalue weighted by Crippen LogP contribution is 2.39. The smallest absolute Gasteiger partial charge is 0.203 e. The van der Waals surface area contributed by atoms with Crippen LogP contribution in [-0.2, 0) is 4.74 Å². The zero-order chi connectivity index (χ0) is 12.1. The number of benzene rings is 1. The van der Waals surface area contributed by atoms with Crippen LogP contribution in [0.3, 0.4) is 0 Å². The Balaban J connectivity index is 3.31. The predicted octanol–water partition coefficient (Wildman–Crippen LogP) is 2.33. The van der Waals surface area contributed by atoms with Crippen molar-refractivity contribution in [1.29, 1.82) is 0 Å². The predicted molar refractivity (Wildman–Crippen MR) is 62.1 cm³/mol. The summed E-state index contributed by atoms with van der Waals surface area (Å²) in [6.07, 6.45) is 0. The van der Waals surface area contributed by atoms with Gasteiger partial charge in [0.05, 0.1) is 28.4 Å². The van der Waals surface area contributed by atoms with Gasteiger partial charge < -0.3 is 18.9 Å². The second-order valence-electron chi connectivity index (χ2n) is 3.04. The van der Waals surface area contributed by atoms with Crippen LogP contribution in [0.25, 0.3) is 5.76 Å². The maximum absolute atomic E-state index is 5.21. The van der Waals surface area contributed by atoms with Crippen LogP contribution in [0, 0.1) is 0 Å². The van der Waals surface area contributed by atoms with E-state index in [0.717, 1.165) is 5.56 Å². The zero-order valence-electron chi connectivity index (χ0n) is 9.99. The Labute approximate surface area is 95.4 Å². The minimum atomic E-state index is 0.541. The van der Waals surface area contributed by atoms with E-state index in [1.807, 2.05) is 0 Å². The SMILES string of the molecule is C=C(OC)c1cc(OC)c(OC)c(OC)c1. The van der Waals surface area contributed by atoms with Crippen LogP contribution in [0.5, 0.6) is 17.2 Å². The largest absolute Gasteiger partial charge is 0.497 e. The Kier molecular flexibility index (Phi) is 4.05. The van der Waals surface area contributed by atoms with E-state index in [4.69, 9.17) is 18.9 Å². The first-order valence-corrected chi connectivity index (χ1v) is 4.71. The van der Waals surface area contributed by atoms with Crippen molar-refractivity contribution in [2.75, 3.05) is 28.4 Å². The molecule has 0 amide bonds. The van der Waals surface area contributed by atoms with Crippen molar-refractivity contribution in [2.24, 2.45) is 0 Å². The van der Waals surface area contributed by atoms with Crippen LogP contribution < -0.4 is 14.2 Å². The van der Waals surface area contributed by atoms with Crippen LogP contribution in [-0.4, -0.2) is 28.4 Å². The van der Waals surface area contributed by atoms with E-state index in [9.17, 15) is 0 Å². The van der Waals surface area contributed by atoms with Gasteiger partial charge in [-0.1, -0.05) is 6.58 Å². The van der Waals surface area contributed by atoms with Crippen molar-refractivity contribution in [1.82, 2.24) is 0 Å². The normalized spacial score (nSPS) is 9.50. The highest BCUT2D eigenvalue weighted by molar-refractivity contribution is 5.66. The van der Waals surface area contributed by atoms with Gasteiger partial charge in [0.1, 0.15) is 5.76 Å². The molecule has 0 aliphatic carbocycles. The average Bonchev–Trinajstić information content (AvgIpc) is 2.35. The molecular weight excluding hydrogens is 208 g/mol. The molecule has 0 aliphatic heterocycles. The molecule has 0 fully saturated rings. The molecule has 0 N–H and O–H groups in total. The van der Waals surface area contributed by atoms with E-state index in [1.54, 1.807) is 40.6 Å². The molecule has 4 nitrogen and oxygen atoms in total. The van der Waals surface area contributed by atoms with Crippen molar-refractivity contribution in [3.05, 3.63) is 24.3 Å². The molecule has 1 aromatic carbocycles. The standard InChI is InChI=1S/C12H16O4/c1-8(13-2)9-6-10(14-3)12(16-5)11(7-9)15-4/h6-7H,1H2,2-5H3. The lowest BCUT2D eigenvalue weighted by Crippen LogP contribution is -1.97. The molecule has 16 heavy (non-hydrogen) atoms. The number of hydrogen-bond acceptors (Lipinski definition) is 4. The maximum atomic E-state index is 5.21. The Morgan fingerprint density at radius 2 is 1.44 bits per heavy atom. The van der Waals surface area contributed by atoms with Crippen LogP contribution >= 0.6 is 0 Å². The van der Waals surface area contributed by atoms with E-state index in [-0.39, 0.29) is 0 Å². The summed E-state index contributed by atoms with van der Waals surface area (Å²) in [5, 5.41) is 0. The summed E-state index contributed by atoms with van der Waals surface area (Å²) in [6.45, 7) is 3.78. The molecule has 1 aromatic rings. The zero-order valence-corrected chi connectivity index (χ0v) is 9.99. The Morgan fingerprint density at radius 1 is 0.938 bits per heavy atom. The van der Waals surface area contributed by atoms with Crippen LogP contribution in [0.15, 0.2) is 18.7 Å². The van der Waals surface area contributed by atoms with Gasteiger partial charge in [0.25, 0.3) is 0 Å². The molecule has 1 rings (SSSR count). The van der Waals surface area contributed by atoms with Crippen LogP contribution in [0.2, 0.25) is 0 Å². The van der Waals surface area contributed by atoms with Gasteiger partial charge in [-0.3, -0.25) is 0 Å². The molecule has 0 heterocycles. The number of rotatable bonds is 5. The summed E-state index contributed by atoms with van der Waals surface area (Å²) in [4.78, 5) is 0. The molecule has 0 saturated carbocycles. The quantitative estimate of drug-likeness (QED) is 0.719. The third-order valence-corrected chi connectivity index (χ3v) is 2.23. The van der Waals surface area contributed by atoms with E-state index in [0.29, 0.717) is 23.0 Å². The summed E-state index contributed by atoms with van der Waals surface area (Å²) in [5.74, 6) is 2.25. The van der Waals surface area contributed by atoms with Crippen molar-refractivity contribution < 1.29 is 18.9 Å².